The molecule has 1 fully saturated rings. The summed E-state index contributed by atoms with van der Waals surface area (Å²) in [7, 11) is 0. The summed E-state index contributed by atoms with van der Waals surface area (Å²) in [6, 6.07) is 14.4. The average molecular weight is 341 g/mol. The van der Waals surface area contributed by atoms with Crippen molar-refractivity contribution in [3.63, 3.8) is 0 Å². The Morgan fingerprint density at radius 3 is 2.36 bits per heavy atom. The second-order valence-electron chi connectivity index (χ2n) is 6.34. The van der Waals surface area contributed by atoms with Crippen molar-refractivity contribution in [2.75, 3.05) is 36.4 Å². The van der Waals surface area contributed by atoms with Crippen molar-refractivity contribution in [3.05, 3.63) is 59.9 Å². The summed E-state index contributed by atoms with van der Waals surface area (Å²) in [5.41, 5.74) is 3.08. The standard InChI is InChI=1S/C20H24FN3O/c21-17-5-3-16(4-6-17)11-12-22-15-20(25)23-18-7-9-19(10-8-18)24-13-1-2-14-24/h3-10,22H,1-2,11-15H2,(H,23,25). The molecule has 132 valence electrons. The molecule has 0 aliphatic carbocycles. The molecule has 1 heterocycles. The van der Waals surface area contributed by atoms with Gasteiger partial charge in [0.15, 0.2) is 0 Å². The van der Waals surface area contributed by atoms with Gasteiger partial charge in [0.25, 0.3) is 0 Å². The number of carbonyl (C=O) groups excluding carboxylic acids is 1. The molecule has 2 aromatic rings. The van der Waals surface area contributed by atoms with Crippen molar-refractivity contribution in [3.8, 4) is 0 Å². The summed E-state index contributed by atoms with van der Waals surface area (Å²) < 4.78 is 12.8. The molecule has 0 bridgehead atoms. The number of rotatable bonds is 7. The molecule has 4 nitrogen and oxygen atoms in total. The Labute approximate surface area is 148 Å². The third-order valence-corrected chi connectivity index (χ3v) is 4.41. The van der Waals surface area contributed by atoms with Crippen LogP contribution >= 0.6 is 0 Å². The van der Waals surface area contributed by atoms with E-state index in [-0.39, 0.29) is 18.3 Å². The summed E-state index contributed by atoms with van der Waals surface area (Å²) in [5.74, 6) is -0.292. The number of nitrogens with one attached hydrogen (secondary N) is 2. The van der Waals surface area contributed by atoms with Gasteiger partial charge in [0.2, 0.25) is 5.91 Å². The van der Waals surface area contributed by atoms with Crippen molar-refractivity contribution in [2.45, 2.75) is 19.3 Å². The molecule has 0 spiro atoms. The molecule has 25 heavy (non-hydrogen) atoms. The molecule has 1 amide bonds. The fourth-order valence-electron chi connectivity index (χ4n) is 3.02. The maximum absolute atomic E-state index is 12.8. The molecule has 0 saturated carbocycles. The number of amides is 1. The summed E-state index contributed by atoms with van der Waals surface area (Å²) in [5, 5.41) is 6.01. The van der Waals surface area contributed by atoms with Gasteiger partial charge in [-0.2, -0.15) is 0 Å². The topological polar surface area (TPSA) is 44.4 Å². The highest BCUT2D eigenvalue weighted by molar-refractivity contribution is 5.92. The Kier molecular flexibility index (Phi) is 6.01. The normalized spacial score (nSPS) is 13.9. The van der Waals surface area contributed by atoms with Crippen LogP contribution in [0, 0.1) is 5.82 Å². The number of halogens is 1. The number of hydrogen-bond acceptors (Lipinski definition) is 3. The van der Waals surface area contributed by atoms with E-state index in [2.05, 4.69) is 27.7 Å². The van der Waals surface area contributed by atoms with Crippen LogP contribution in [0.4, 0.5) is 15.8 Å². The molecule has 2 N–H and O–H groups in total. The van der Waals surface area contributed by atoms with E-state index in [1.165, 1.54) is 30.7 Å². The average Bonchev–Trinajstić information content (AvgIpc) is 3.15. The third kappa shape index (κ3) is 5.29. The highest BCUT2D eigenvalue weighted by Gasteiger charge is 2.12. The molecule has 1 aliphatic rings. The Bertz CT molecular complexity index is 679. The first kappa shape index (κ1) is 17.4. The van der Waals surface area contributed by atoms with Gasteiger partial charge in [0, 0.05) is 24.5 Å². The van der Waals surface area contributed by atoms with Crippen molar-refractivity contribution in [1.29, 1.82) is 0 Å². The van der Waals surface area contributed by atoms with Crippen LogP contribution in [0.3, 0.4) is 0 Å². The minimum atomic E-state index is -0.230. The van der Waals surface area contributed by atoms with Crippen molar-refractivity contribution < 1.29 is 9.18 Å². The van der Waals surface area contributed by atoms with E-state index < -0.39 is 0 Å². The van der Waals surface area contributed by atoms with Gasteiger partial charge in [0.05, 0.1) is 6.54 Å². The van der Waals surface area contributed by atoms with E-state index in [1.807, 2.05) is 12.1 Å². The number of benzene rings is 2. The maximum Gasteiger partial charge on any atom is 0.238 e. The summed E-state index contributed by atoms with van der Waals surface area (Å²) in [6.45, 7) is 3.16. The first-order valence-electron chi connectivity index (χ1n) is 8.81. The second-order valence-corrected chi connectivity index (χ2v) is 6.34. The lowest BCUT2D eigenvalue weighted by Crippen LogP contribution is -2.29. The minimum absolute atomic E-state index is 0.0620. The van der Waals surface area contributed by atoms with Gasteiger partial charge in [-0.3, -0.25) is 4.79 Å². The van der Waals surface area contributed by atoms with Crippen molar-refractivity contribution >= 4 is 17.3 Å². The zero-order chi connectivity index (χ0) is 17.5. The molecule has 1 saturated heterocycles. The van der Waals surface area contributed by atoms with Crippen LogP contribution in [0.25, 0.3) is 0 Å². The largest absolute Gasteiger partial charge is 0.372 e. The van der Waals surface area contributed by atoms with Gasteiger partial charge >= 0.3 is 0 Å². The Balaban J connectivity index is 1.37. The smallest absolute Gasteiger partial charge is 0.238 e. The Morgan fingerprint density at radius 2 is 1.68 bits per heavy atom. The lowest BCUT2D eigenvalue weighted by molar-refractivity contribution is -0.115. The van der Waals surface area contributed by atoms with Crippen LogP contribution in [0.5, 0.6) is 0 Å². The van der Waals surface area contributed by atoms with Crippen LogP contribution in [0.15, 0.2) is 48.5 Å². The van der Waals surface area contributed by atoms with E-state index in [0.29, 0.717) is 6.54 Å². The van der Waals surface area contributed by atoms with E-state index in [1.54, 1.807) is 12.1 Å². The quantitative estimate of drug-likeness (QED) is 0.760. The minimum Gasteiger partial charge on any atom is -0.372 e. The zero-order valence-corrected chi connectivity index (χ0v) is 14.3. The molecule has 5 heteroatoms. The fourth-order valence-corrected chi connectivity index (χ4v) is 3.02. The molecule has 0 radical (unpaired) electrons. The van der Waals surface area contributed by atoms with Gasteiger partial charge < -0.3 is 15.5 Å². The van der Waals surface area contributed by atoms with E-state index in [0.717, 1.165) is 30.8 Å². The predicted octanol–water partition coefficient (Wildman–Crippen LogP) is 3.20. The van der Waals surface area contributed by atoms with Gasteiger partial charge in [-0.1, -0.05) is 12.1 Å². The predicted molar refractivity (Wildman–Crippen MR) is 99.5 cm³/mol. The van der Waals surface area contributed by atoms with Crippen LogP contribution < -0.4 is 15.5 Å². The van der Waals surface area contributed by atoms with Gasteiger partial charge in [-0.15, -0.1) is 0 Å². The van der Waals surface area contributed by atoms with Crippen LogP contribution in [-0.4, -0.2) is 32.1 Å². The first-order chi connectivity index (χ1) is 12.2. The summed E-state index contributed by atoms with van der Waals surface area (Å²) in [6.07, 6.45) is 3.27. The maximum atomic E-state index is 12.8. The highest BCUT2D eigenvalue weighted by Crippen LogP contribution is 2.21. The third-order valence-electron chi connectivity index (χ3n) is 4.41. The van der Waals surface area contributed by atoms with Gasteiger partial charge in [0.1, 0.15) is 5.82 Å². The number of nitrogens with zero attached hydrogens (tertiary/aromatic N) is 1. The van der Waals surface area contributed by atoms with Crippen LogP contribution in [0.1, 0.15) is 18.4 Å². The van der Waals surface area contributed by atoms with Crippen LogP contribution in [0.2, 0.25) is 0 Å². The number of carbonyl (C=O) groups is 1. The molecule has 0 aromatic heterocycles. The Morgan fingerprint density at radius 1 is 1.00 bits per heavy atom. The number of hydrogen-bond donors (Lipinski definition) is 2. The molecular formula is C20H24FN3O. The molecule has 1 aliphatic heterocycles. The summed E-state index contributed by atoms with van der Waals surface area (Å²) >= 11 is 0. The van der Waals surface area contributed by atoms with Crippen LogP contribution in [-0.2, 0) is 11.2 Å². The summed E-state index contributed by atoms with van der Waals surface area (Å²) in [4.78, 5) is 14.3. The fraction of sp³-hybridized carbons (Fsp3) is 0.350. The molecular weight excluding hydrogens is 317 g/mol. The molecule has 0 atom stereocenters. The SMILES string of the molecule is O=C(CNCCc1ccc(F)cc1)Nc1ccc(N2CCCC2)cc1. The molecule has 3 rings (SSSR count). The second kappa shape index (κ2) is 8.62. The monoisotopic (exact) mass is 341 g/mol. The molecule has 0 unspecified atom stereocenters. The van der Waals surface area contributed by atoms with E-state index in [9.17, 15) is 9.18 Å². The first-order valence-corrected chi connectivity index (χ1v) is 8.81. The number of anilines is 2. The zero-order valence-electron chi connectivity index (χ0n) is 14.3. The molecule has 2 aromatic carbocycles. The van der Waals surface area contributed by atoms with Crippen molar-refractivity contribution in [1.82, 2.24) is 5.32 Å². The Hall–Kier alpha value is -2.40. The lowest BCUT2D eigenvalue weighted by Gasteiger charge is -2.17. The van der Waals surface area contributed by atoms with E-state index >= 15 is 0 Å². The van der Waals surface area contributed by atoms with Gasteiger partial charge in [-0.05, 0) is 67.8 Å². The highest BCUT2D eigenvalue weighted by atomic mass is 19.1. The van der Waals surface area contributed by atoms with Gasteiger partial charge in [-0.25, -0.2) is 4.39 Å². The lowest BCUT2D eigenvalue weighted by atomic mass is 10.1. The van der Waals surface area contributed by atoms with E-state index in [4.69, 9.17) is 0 Å². The van der Waals surface area contributed by atoms with Crippen molar-refractivity contribution in [2.24, 2.45) is 0 Å².